The second-order valence-corrected chi connectivity index (χ2v) is 8.25. The van der Waals surface area contributed by atoms with E-state index in [9.17, 15) is 9.59 Å². The topological polar surface area (TPSA) is 100 Å². The molecule has 1 saturated heterocycles. The van der Waals surface area contributed by atoms with E-state index in [4.69, 9.17) is 4.42 Å². The molecule has 0 aromatic carbocycles. The Morgan fingerprint density at radius 3 is 2.59 bits per heavy atom. The molecule has 0 bridgehead atoms. The summed E-state index contributed by atoms with van der Waals surface area (Å²) in [4.78, 5) is 25.0. The Hall–Kier alpha value is -1.83. The lowest BCUT2D eigenvalue weighted by Crippen LogP contribution is -2.31. The number of hydrogen-bond donors (Lipinski definition) is 3. The van der Waals surface area contributed by atoms with Crippen molar-refractivity contribution in [3.8, 4) is 0 Å². The Morgan fingerprint density at radius 1 is 1.31 bits per heavy atom. The number of H-pyrrole nitrogens is 1. The number of aryl methyl sites for hydroxylation is 1. The van der Waals surface area contributed by atoms with Gasteiger partial charge in [-0.15, -0.1) is 24.8 Å². The summed E-state index contributed by atoms with van der Waals surface area (Å²) >= 11 is 0. The van der Waals surface area contributed by atoms with Gasteiger partial charge in [-0.1, -0.05) is 20.8 Å². The highest BCUT2D eigenvalue weighted by Crippen LogP contribution is 2.24. The van der Waals surface area contributed by atoms with Crippen LogP contribution in [0.1, 0.15) is 72.6 Å². The third kappa shape index (κ3) is 6.07. The van der Waals surface area contributed by atoms with E-state index in [1.807, 2.05) is 12.1 Å². The molecule has 1 aliphatic heterocycles. The first kappa shape index (κ1) is 25.2. The van der Waals surface area contributed by atoms with Gasteiger partial charge in [0, 0.05) is 17.9 Å². The summed E-state index contributed by atoms with van der Waals surface area (Å²) in [6.07, 6.45) is 2.03. The average molecular weight is 445 g/mol. The van der Waals surface area contributed by atoms with E-state index in [2.05, 4.69) is 41.6 Å². The number of rotatable bonds is 4. The Kier molecular flexibility index (Phi) is 8.93. The molecule has 2 aromatic heterocycles. The van der Waals surface area contributed by atoms with Crippen LogP contribution < -0.4 is 16.3 Å². The van der Waals surface area contributed by atoms with E-state index in [1.54, 1.807) is 6.92 Å². The molecule has 1 atom stereocenters. The van der Waals surface area contributed by atoms with Crippen LogP contribution in [-0.4, -0.2) is 29.2 Å². The number of halogens is 2. The number of hydrogen-bond acceptors (Lipinski definition) is 5. The van der Waals surface area contributed by atoms with E-state index in [1.165, 1.54) is 0 Å². The smallest absolute Gasteiger partial charge is 0.349 e. The van der Waals surface area contributed by atoms with Gasteiger partial charge >= 0.3 is 5.63 Å². The van der Waals surface area contributed by atoms with Gasteiger partial charge in [0.15, 0.2) is 0 Å². The molecule has 3 rings (SSSR count). The average Bonchev–Trinajstić information content (AvgIpc) is 3.09. The number of aromatic nitrogens is 2. The summed E-state index contributed by atoms with van der Waals surface area (Å²) in [6.45, 7) is 10.1. The van der Waals surface area contributed by atoms with E-state index in [0.29, 0.717) is 11.3 Å². The van der Waals surface area contributed by atoms with Crippen molar-refractivity contribution in [1.29, 1.82) is 0 Å². The predicted octanol–water partition coefficient (Wildman–Crippen LogP) is 3.21. The number of carbonyl (C=O) groups is 1. The standard InChI is InChI=1S/C20H28N4O3.2ClH/c1-12-8-15(13-6-5-7-21-10-13)27-19(26)17(12)18(25)22-11-14-9-16(24-23-14)20(2,3)4;;/h8-9,13,21H,5-7,10-11H2,1-4H3,(H,22,25)(H,23,24);2*1H. The van der Waals surface area contributed by atoms with Crippen molar-refractivity contribution >= 4 is 30.7 Å². The molecule has 162 valence electrons. The van der Waals surface area contributed by atoms with Crippen LogP contribution in [0.25, 0.3) is 0 Å². The maximum atomic E-state index is 12.5. The van der Waals surface area contributed by atoms with Crippen molar-refractivity contribution in [2.75, 3.05) is 13.1 Å². The first-order chi connectivity index (χ1) is 12.8. The predicted molar refractivity (Wildman–Crippen MR) is 118 cm³/mol. The SMILES string of the molecule is Cc1cc(C2CCCNC2)oc(=O)c1C(=O)NCc1cc(C(C)(C)C)n[nH]1.Cl.Cl. The third-order valence-electron chi connectivity index (χ3n) is 4.93. The third-order valence-corrected chi connectivity index (χ3v) is 4.93. The zero-order chi connectivity index (χ0) is 19.6. The van der Waals surface area contributed by atoms with Crippen LogP contribution in [0.5, 0.6) is 0 Å². The molecule has 3 heterocycles. The molecule has 1 unspecified atom stereocenters. The minimum absolute atomic E-state index is 0. The second kappa shape index (κ2) is 10.3. The van der Waals surface area contributed by atoms with Crippen molar-refractivity contribution in [3.63, 3.8) is 0 Å². The number of nitrogens with one attached hydrogen (secondary N) is 3. The van der Waals surface area contributed by atoms with Crippen LogP contribution in [0.4, 0.5) is 0 Å². The van der Waals surface area contributed by atoms with E-state index >= 15 is 0 Å². The monoisotopic (exact) mass is 444 g/mol. The molecule has 1 fully saturated rings. The molecule has 3 N–H and O–H groups in total. The van der Waals surface area contributed by atoms with Gasteiger partial charge < -0.3 is 15.1 Å². The lowest BCUT2D eigenvalue weighted by Gasteiger charge is -2.22. The van der Waals surface area contributed by atoms with Gasteiger partial charge in [0.25, 0.3) is 5.91 Å². The van der Waals surface area contributed by atoms with E-state index in [0.717, 1.165) is 37.3 Å². The maximum absolute atomic E-state index is 12.5. The van der Waals surface area contributed by atoms with Gasteiger partial charge in [0.05, 0.1) is 17.9 Å². The lowest BCUT2D eigenvalue weighted by atomic mass is 9.92. The number of carbonyl (C=O) groups excluding carboxylic acids is 1. The molecule has 0 radical (unpaired) electrons. The van der Waals surface area contributed by atoms with Crippen LogP contribution in [0.15, 0.2) is 21.3 Å². The Bertz CT molecular complexity index is 881. The first-order valence-electron chi connectivity index (χ1n) is 9.44. The van der Waals surface area contributed by atoms with Crippen molar-refractivity contribution in [3.05, 3.63) is 50.8 Å². The summed E-state index contributed by atoms with van der Waals surface area (Å²) in [6, 6.07) is 3.75. The number of aromatic amines is 1. The largest absolute Gasteiger partial charge is 0.427 e. The molecular weight excluding hydrogens is 415 g/mol. The van der Waals surface area contributed by atoms with Crippen LogP contribution in [0, 0.1) is 6.92 Å². The summed E-state index contributed by atoms with van der Waals surface area (Å²) in [5.74, 6) is 0.411. The Labute approximate surface area is 183 Å². The molecule has 0 spiro atoms. The minimum atomic E-state index is -0.576. The van der Waals surface area contributed by atoms with Crippen LogP contribution >= 0.6 is 24.8 Å². The summed E-state index contributed by atoms with van der Waals surface area (Å²) in [5, 5.41) is 13.3. The molecule has 0 saturated carbocycles. The highest BCUT2D eigenvalue weighted by Gasteiger charge is 2.23. The highest BCUT2D eigenvalue weighted by atomic mass is 35.5. The van der Waals surface area contributed by atoms with E-state index < -0.39 is 11.5 Å². The lowest BCUT2D eigenvalue weighted by molar-refractivity contribution is 0.0945. The zero-order valence-corrected chi connectivity index (χ0v) is 18.9. The van der Waals surface area contributed by atoms with Crippen LogP contribution in [0.3, 0.4) is 0 Å². The normalized spacial score (nSPS) is 16.5. The van der Waals surface area contributed by atoms with Gasteiger partial charge in [-0.3, -0.25) is 9.89 Å². The van der Waals surface area contributed by atoms with Crippen molar-refractivity contribution in [1.82, 2.24) is 20.8 Å². The first-order valence-corrected chi connectivity index (χ1v) is 9.44. The fourth-order valence-electron chi connectivity index (χ4n) is 3.30. The molecule has 29 heavy (non-hydrogen) atoms. The molecule has 9 heteroatoms. The zero-order valence-electron chi connectivity index (χ0n) is 17.3. The fraction of sp³-hybridized carbons (Fsp3) is 0.550. The van der Waals surface area contributed by atoms with Crippen molar-refractivity contribution < 1.29 is 9.21 Å². The Balaban J connectivity index is 0.00000210. The fourth-order valence-corrected chi connectivity index (χ4v) is 3.30. The number of amides is 1. The summed E-state index contributed by atoms with van der Waals surface area (Å²) < 4.78 is 5.47. The van der Waals surface area contributed by atoms with Gasteiger partial charge in [-0.2, -0.15) is 5.10 Å². The van der Waals surface area contributed by atoms with Crippen molar-refractivity contribution in [2.24, 2.45) is 0 Å². The maximum Gasteiger partial charge on any atom is 0.349 e. The summed E-state index contributed by atoms with van der Waals surface area (Å²) in [5.41, 5.74) is 1.78. The van der Waals surface area contributed by atoms with Crippen molar-refractivity contribution in [2.45, 2.75) is 58.4 Å². The van der Waals surface area contributed by atoms with Crippen LogP contribution in [0.2, 0.25) is 0 Å². The Morgan fingerprint density at radius 2 is 2.03 bits per heavy atom. The number of nitrogens with zero attached hydrogens (tertiary/aromatic N) is 1. The minimum Gasteiger partial charge on any atom is -0.427 e. The summed E-state index contributed by atoms with van der Waals surface area (Å²) in [7, 11) is 0. The quantitative estimate of drug-likeness (QED) is 0.671. The van der Waals surface area contributed by atoms with Gasteiger partial charge in [0.1, 0.15) is 11.3 Å². The van der Waals surface area contributed by atoms with Crippen LogP contribution in [-0.2, 0) is 12.0 Å². The van der Waals surface area contributed by atoms with Gasteiger partial charge in [-0.05, 0) is 44.0 Å². The molecule has 0 aliphatic carbocycles. The molecular formula is C20H30Cl2N4O3. The van der Waals surface area contributed by atoms with E-state index in [-0.39, 0.29) is 48.3 Å². The van der Waals surface area contributed by atoms with Gasteiger partial charge in [-0.25, -0.2) is 4.79 Å². The highest BCUT2D eigenvalue weighted by molar-refractivity contribution is 5.95. The molecule has 1 aliphatic rings. The van der Waals surface area contributed by atoms with Gasteiger partial charge in [0.2, 0.25) is 0 Å². The molecule has 7 nitrogen and oxygen atoms in total. The number of piperidine rings is 1. The second-order valence-electron chi connectivity index (χ2n) is 8.25. The molecule has 2 aromatic rings. The molecule has 1 amide bonds.